The number of pyridine rings is 1. The Morgan fingerprint density at radius 1 is 1.15 bits per heavy atom. The third-order valence-electron chi connectivity index (χ3n) is 3.69. The molecule has 0 fully saturated rings. The van der Waals surface area contributed by atoms with Gasteiger partial charge in [-0.3, -0.25) is 4.98 Å². The lowest BCUT2D eigenvalue weighted by molar-refractivity contribution is -0.133. The lowest BCUT2D eigenvalue weighted by atomic mass is 10.0. The van der Waals surface area contributed by atoms with Crippen LogP contribution in [0.1, 0.15) is 11.1 Å². The Morgan fingerprint density at radius 3 is 2.70 bits per heavy atom. The molecule has 7 heteroatoms. The molecular formula is C20H18N2O4S. The number of nitrogens with zero attached hydrogens (tertiary/aromatic N) is 2. The standard InChI is InChI=1S/C20H18N2O4S/c1-24-12-16(20(23)25-2)15-8-4-3-7-14(15)11-26-18-13-27-19(22-18)17-9-5-6-10-21-17/h3-10,12-13H,11H2,1-2H3. The number of hydrogen-bond acceptors (Lipinski definition) is 7. The second-order valence-corrected chi connectivity index (χ2v) is 6.27. The second-order valence-electron chi connectivity index (χ2n) is 5.41. The molecule has 0 atom stereocenters. The molecule has 0 saturated heterocycles. The first-order valence-electron chi connectivity index (χ1n) is 8.12. The van der Waals surface area contributed by atoms with Crippen LogP contribution in [0.25, 0.3) is 16.3 Å². The van der Waals surface area contributed by atoms with Crippen LogP contribution >= 0.6 is 11.3 Å². The monoisotopic (exact) mass is 382 g/mol. The molecule has 0 amide bonds. The van der Waals surface area contributed by atoms with Gasteiger partial charge in [0.05, 0.1) is 31.6 Å². The van der Waals surface area contributed by atoms with E-state index < -0.39 is 5.97 Å². The van der Waals surface area contributed by atoms with Crippen LogP contribution in [0.3, 0.4) is 0 Å². The summed E-state index contributed by atoms with van der Waals surface area (Å²) in [6.07, 6.45) is 3.09. The minimum absolute atomic E-state index is 0.250. The van der Waals surface area contributed by atoms with Crippen LogP contribution in [-0.2, 0) is 20.9 Å². The van der Waals surface area contributed by atoms with E-state index in [0.29, 0.717) is 17.0 Å². The molecule has 0 N–H and O–H groups in total. The SMILES string of the molecule is COC=C(C(=O)OC)c1ccccc1COc1csc(-c2ccccn2)n1. The average Bonchev–Trinajstić information content (AvgIpc) is 3.20. The number of rotatable bonds is 7. The Hall–Kier alpha value is -3.19. The molecule has 0 aliphatic rings. The van der Waals surface area contributed by atoms with E-state index in [4.69, 9.17) is 14.2 Å². The zero-order chi connectivity index (χ0) is 19.1. The highest BCUT2D eigenvalue weighted by Crippen LogP contribution is 2.27. The van der Waals surface area contributed by atoms with Gasteiger partial charge in [-0.15, -0.1) is 11.3 Å². The van der Waals surface area contributed by atoms with Crippen molar-refractivity contribution in [1.82, 2.24) is 9.97 Å². The number of hydrogen-bond donors (Lipinski definition) is 0. The van der Waals surface area contributed by atoms with Crippen LogP contribution < -0.4 is 4.74 Å². The van der Waals surface area contributed by atoms with Gasteiger partial charge >= 0.3 is 5.97 Å². The molecule has 0 spiro atoms. The highest BCUT2D eigenvalue weighted by Gasteiger charge is 2.17. The quantitative estimate of drug-likeness (QED) is 0.350. The van der Waals surface area contributed by atoms with Crippen molar-refractivity contribution in [2.24, 2.45) is 0 Å². The number of carbonyl (C=O) groups excluding carboxylic acids is 1. The van der Waals surface area contributed by atoms with Crippen molar-refractivity contribution in [3.63, 3.8) is 0 Å². The Kier molecular flexibility index (Phi) is 6.17. The number of carbonyl (C=O) groups is 1. The van der Waals surface area contributed by atoms with Crippen molar-refractivity contribution in [1.29, 1.82) is 0 Å². The summed E-state index contributed by atoms with van der Waals surface area (Å²) >= 11 is 1.46. The molecule has 0 saturated carbocycles. The van der Waals surface area contributed by atoms with Crippen molar-refractivity contribution in [2.45, 2.75) is 6.61 Å². The van der Waals surface area contributed by atoms with Crippen LogP contribution in [0.15, 0.2) is 60.3 Å². The molecule has 27 heavy (non-hydrogen) atoms. The Balaban J connectivity index is 1.78. The third-order valence-corrected chi connectivity index (χ3v) is 4.53. The molecule has 0 aliphatic heterocycles. The fraction of sp³-hybridized carbons (Fsp3) is 0.150. The molecule has 0 aliphatic carbocycles. The van der Waals surface area contributed by atoms with Crippen LogP contribution in [0, 0.1) is 0 Å². The summed E-state index contributed by atoms with van der Waals surface area (Å²) in [7, 11) is 2.82. The number of ether oxygens (including phenoxy) is 3. The summed E-state index contributed by atoms with van der Waals surface area (Å²) in [5.41, 5.74) is 2.63. The fourth-order valence-corrected chi connectivity index (χ4v) is 3.16. The third kappa shape index (κ3) is 4.51. The molecule has 6 nitrogen and oxygen atoms in total. The maximum absolute atomic E-state index is 12.1. The Labute approximate surface area is 161 Å². The lowest BCUT2D eigenvalue weighted by Gasteiger charge is -2.11. The largest absolute Gasteiger partial charge is 0.503 e. The smallest absolute Gasteiger partial charge is 0.341 e. The molecule has 3 aromatic rings. The summed E-state index contributed by atoms with van der Waals surface area (Å²) in [4.78, 5) is 20.8. The number of methoxy groups -OCH3 is 2. The predicted molar refractivity (Wildman–Crippen MR) is 103 cm³/mol. The zero-order valence-electron chi connectivity index (χ0n) is 14.9. The van der Waals surface area contributed by atoms with Gasteiger partial charge in [0, 0.05) is 6.20 Å². The number of thiazole rings is 1. The van der Waals surface area contributed by atoms with Gasteiger partial charge in [-0.1, -0.05) is 30.3 Å². The van der Waals surface area contributed by atoms with E-state index in [9.17, 15) is 4.79 Å². The van der Waals surface area contributed by atoms with E-state index in [2.05, 4.69) is 9.97 Å². The van der Waals surface area contributed by atoms with Gasteiger partial charge in [0.25, 0.3) is 0 Å². The van der Waals surface area contributed by atoms with Crippen molar-refractivity contribution < 1.29 is 19.0 Å². The van der Waals surface area contributed by atoms with Crippen molar-refractivity contribution in [2.75, 3.05) is 14.2 Å². The number of aromatic nitrogens is 2. The van der Waals surface area contributed by atoms with E-state index in [-0.39, 0.29) is 6.61 Å². The van der Waals surface area contributed by atoms with Crippen LogP contribution in [0.4, 0.5) is 0 Å². The molecular weight excluding hydrogens is 364 g/mol. The highest BCUT2D eigenvalue weighted by atomic mass is 32.1. The van der Waals surface area contributed by atoms with E-state index in [1.807, 2.05) is 47.8 Å². The van der Waals surface area contributed by atoms with Crippen LogP contribution in [0.2, 0.25) is 0 Å². The summed E-state index contributed by atoms with van der Waals surface area (Å²) in [5.74, 6) is 0.0289. The van der Waals surface area contributed by atoms with Crippen molar-refractivity contribution >= 4 is 22.9 Å². The van der Waals surface area contributed by atoms with Gasteiger partial charge < -0.3 is 14.2 Å². The van der Waals surface area contributed by atoms with E-state index >= 15 is 0 Å². The summed E-state index contributed by atoms with van der Waals surface area (Å²) in [6, 6.07) is 13.1. The van der Waals surface area contributed by atoms with Gasteiger partial charge in [0.1, 0.15) is 17.2 Å². The highest BCUT2D eigenvalue weighted by molar-refractivity contribution is 7.13. The van der Waals surface area contributed by atoms with Gasteiger partial charge in [0.15, 0.2) is 0 Å². The first kappa shape index (κ1) is 18.6. The fourth-order valence-electron chi connectivity index (χ4n) is 2.44. The second kappa shape index (κ2) is 8.95. The van der Waals surface area contributed by atoms with Gasteiger partial charge in [0.2, 0.25) is 5.88 Å². The van der Waals surface area contributed by atoms with Crippen molar-refractivity contribution in [3.05, 3.63) is 71.4 Å². The first-order chi connectivity index (χ1) is 13.2. The Morgan fingerprint density at radius 2 is 1.96 bits per heavy atom. The molecule has 138 valence electrons. The Bertz CT molecular complexity index is 938. The normalized spacial score (nSPS) is 11.1. The topological polar surface area (TPSA) is 70.5 Å². The molecule has 2 aromatic heterocycles. The first-order valence-corrected chi connectivity index (χ1v) is 9.00. The minimum Gasteiger partial charge on any atom is -0.503 e. The number of esters is 1. The molecule has 2 heterocycles. The van der Waals surface area contributed by atoms with E-state index in [1.165, 1.54) is 31.8 Å². The zero-order valence-corrected chi connectivity index (χ0v) is 15.7. The maximum atomic E-state index is 12.1. The lowest BCUT2D eigenvalue weighted by Crippen LogP contribution is -2.08. The van der Waals surface area contributed by atoms with Crippen molar-refractivity contribution in [3.8, 4) is 16.6 Å². The number of benzene rings is 1. The predicted octanol–water partition coefficient (Wildman–Crippen LogP) is 3.94. The molecule has 0 bridgehead atoms. The summed E-state index contributed by atoms with van der Waals surface area (Å²) < 4.78 is 15.7. The average molecular weight is 382 g/mol. The minimum atomic E-state index is -0.476. The summed E-state index contributed by atoms with van der Waals surface area (Å²) in [6.45, 7) is 0.250. The van der Waals surface area contributed by atoms with Gasteiger partial charge in [-0.2, -0.15) is 0 Å². The van der Waals surface area contributed by atoms with Crippen LogP contribution in [0.5, 0.6) is 5.88 Å². The molecule has 0 radical (unpaired) electrons. The molecule has 3 rings (SSSR count). The van der Waals surface area contributed by atoms with E-state index in [0.717, 1.165) is 16.3 Å². The molecule has 0 unspecified atom stereocenters. The van der Waals surface area contributed by atoms with Gasteiger partial charge in [-0.05, 0) is 23.3 Å². The maximum Gasteiger partial charge on any atom is 0.341 e. The van der Waals surface area contributed by atoms with Gasteiger partial charge in [-0.25, -0.2) is 9.78 Å². The summed E-state index contributed by atoms with van der Waals surface area (Å²) in [5, 5.41) is 2.62. The molecule has 1 aromatic carbocycles. The van der Waals surface area contributed by atoms with Crippen LogP contribution in [-0.4, -0.2) is 30.2 Å². The van der Waals surface area contributed by atoms with E-state index in [1.54, 1.807) is 6.20 Å².